The molecule has 0 unspecified atom stereocenters. The lowest BCUT2D eigenvalue weighted by molar-refractivity contribution is 0.0739. The van der Waals surface area contributed by atoms with Crippen LogP contribution in [0.5, 0.6) is 0 Å². The third kappa shape index (κ3) is 2.26. The van der Waals surface area contributed by atoms with Gasteiger partial charge in [-0.25, -0.2) is 0 Å². The van der Waals surface area contributed by atoms with E-state index in [4.69, 9.17) is 0 Å². The molecule has 0 bridgehead atoms. The topological polar surface area (TPSA) is 38.1 Å². The lowest BCUT2D eigenvalue weighted by Gasteiger charge is -2.23. The monoisotopic (exact) mass is 289 g/mol. The van der Waals surface area contributed by atoms with Crippen LogP contribution in [0.4, 0.5) is 0 Å². The zero-order valence-electron chi connectivity index (χ0n) is 11.9. The number of thiophene rings is 1. The molecule has 1 amide bonds. The third-order valence-electron chi connectivity index (χ3n) is 3.95. The van der Waals surface area contributed by atoms with Crippen molar-refractivity contribution in [3.8, 4) is 0 Å². The Hall–Kier alpha value is -1.62. The summed E-state index contributed by atoms with van der Waals surface area (Å²) in [7, 11) is 1.92. The van der Waals surface area contributed by atoms with Crippen LogP contribution < -0.4 is 0 Å². The summed E-state index contributed by atoms with van der Waals surface area (Å²) in [5, 5.41) is 6.25. The maximum atomic E-state index is 12.8. The van der Waals surface area contributed by atoms with Crippen molar-refractivity contribution in [2.45, 2.75) is 32.2 Å². The molecule has 2 aromatic heterocycles. The number of aryl methyl sites for hydroxylation is 2. The van der Waals surface area contributed by atoms with Gasteiger partial charge in [0.25, 0.3) is 5.91 Å². The van der Waals surface area contributed by atoms with Gasteiger partial charge >= 0.3 is 0 Å². The summed E-state index contributed by atoms with van der Waals surface area (Å²) >= 11 is 1.56. The average molecular weight is 289 g/mol. The fourth-order valence-corrected chi connectivity index (χ4v) is 3.85. The summed E-state index contributed by atoms with van der Waals surface area (Å²) in [6.45, 7) is 2.95. The molecule has 20 heavy (non-hydrogen) atoms. The number of aromatic nitrogens is 2. The molecule has 106 valence electrons. The van der Waals surface area contributed by atoms with Crippen molar-refractivity contribution in [1.82, 2.24) is 14.7 Å². The summed E-state index contributed by atoms with van der Waals surface area (Å²) < 4.78 is 1.80. The van der Waals surface area contributed by atoms with Crippen molar-refractivity contribution in [3.63, 3.8) is 0 Å². The number of amides is 1. The summed E-state index contributed by atoms with van der Waals surface area (Å²) in [6, 6.07) is 2.25. The fraction of sp³-hybridized carbons (Fsp3) is 0.467. The van der Waals surface area contributed by atoms with E-state index in [1.165, 1.54) is 0 Å². The first kappa shape index (κ1) is 13.4. The van der Waals surface area contributed by atoms with E-state index >= 15 is 0 Å². The van der Waals surface area contributed by atoms with E-state index in [0.29, 0.717) is 0 Å². The van der Waals surface area contributed by atoms with Crippen molar-refractivity contribution < 1.29 is 4.79 Å². The van der Waals surface area contributed by atoms with Gasteiger partial charge in [0.15, 0.2) is 0 Å². The standard InChI is InChI=1S/C15H19N3OS/c1-3-11-6-8-20-14(11)15(19)18-7-4-5-13(18)12-9-16-17(2)10-12/h6,8-10,13H,3-5,7H2,1-2H3/t13-/m0/s1. The van der Waals surface area contributed by atoms with Crippen LogP contribution in [0.25, 0.3) is 0 Å². The van der Waals surface area contributed by atoms with Gasteiger partial charge in [-0.2, -0.15) is 5.10 Å². The van der Waals surface area contributed by atoms with E-state index in [1.54, 1.807) is 16.0 Å². The molecule has 0 aromatic carbocycles. The number of likely N-dealkylation sites (tertiary alicyclic amines) is 1. The van der Waals surface area contributed by atoms with Gasteiger partial charge in [-0.05, 0) is 36.3 Å². The quantitative estimate of drug-likeness (QED) is 0.871. The Balaban J connectivity index is 1.87. The highest BCUT2D eigenvalue weighted by atomic mass is 32.1. The Kier molecular flexibility index (Phi) is 3.61. The molecular formula is C15H19N3OS. The van der Waals surface area contributed by atoms with Crippen LogP contribution in [0.15, 0.2) is 23.8 Å². The van der Waals surface area contributed by atoms with Gasteiger partial charge in [0.2, 0.25) is 0 Å². The van der Waals surface area contributed by atoms with Crippen LogP contribution >= 0.6 is 11.3 Å². The highest BCUT2D eigenvalue weighted by Gasteiger charge is 2.32. The summed E-state index contributed by atoms with van der Waals surface area (Å²) in [5.74, 6) is 0.184. The maximum Gasteiger partial charge on any atom is 0.264 e. The Morgan fingerprint density at radius 3 is 3.10 bits per heavy atom. The number of carbonyl (C=O) groups is 1. The molecule has 1 aliphatic rings. The van der Waals surface area contributed by atoms with Crippen molar-refractivity contribution in [3.05, 3.63) is 39.8 Å². The largest absolute Gasteiger partial charge is 0.331 e. The van der Waals surface area contributed by atoms with Crippen LogP contribution in [-0.4, -0.2) is 27.1 Å². The molecule has 5 heteroatoms. The Morgan fingerprint density at radius 1 is 1.55 bits per heavy atom. The fourth-order valence-electron chi connectivity index (χ4n) is 2.90. The number of hydrogen-bond acceptors (Lipinski definition) is 3. The van der Waals surface area contributed by atoms with E-state index in [-0.39, 0.29) is 11.9 Å². The molecule has 0 saturated carbocycles. The van der Waals surface area contributed by atoms with Gasteiger partial charge in [0, 0.05) is 25.4 Å². The molecule has 3 heterocycles. The molecule has 4 nitrogen and oxygen atoms in total. The van der Waals surface area contributed by atoms with E-state index in [9.17, 15) is 4.79 Å². The molecule has 1 fully saturated rings. The lowest BCUT2D eigenvalue weighted by atomic mass is 10.1. The maximum absolute atomic E-state index is 12.8. The molecule has 1 atom stereocenters. The van der Waals surface area contributed by atoms with Gasteiger partial charge < -0.3 is 4.90 Å². The van der Waals surface area contributed by atoms with Crippen molar-refractivity contribution in [2.75, 3.05) is 6.54 Å². The average Bonchev–Trinajstić information content (AvgIpc) is 3.17. The molecule has 1 aliphatic heterocycles. The molecule has 0 aliphatic carbocycles. The molecule has 1 saturated heterocycles. The van der Waals surface area contributed by atoms with Gasteiger partial charge in [0.1, 0.15) is 0 Å². The number of hydrogen-bond donors (Lipinski definition) is 0. The second-order valence-electron chi connectivity index (χ2n) is 5.23. The number of carbonyl (C=O) groups excluding carboxylic acids is 1. The minimum atomic E-state index is 0.183. The molecular weight excluding hydrogens is 270 g/mol. The Morgan fingerprint density at radius 2 is 2.40 bits per heavy atom. The Bertz CT molecular complexity index is 616. The van der Waals surface area contributed by atoms with Crippen molar-refractivity contribution >= 4 is 17.2 Å². The highest BCUT2D eigenvalue weighted by molar-refractivity contribution is 7.12. The number of rotatable bonds is 3. The minimum Gasteiger partial charge on any atom is -0.331 e. The van der Waals surface area contributed by atoms with Gasteiger partial charge in [-0.1, -0.05) is 6.92 Å². The second kappa shape index (κ2) is 5.40. The first-order valence-corrected chi connectivity index (χ1v) is 7.94. The highest BCUT2D eigenvalue weighted by Crippen LogP contribution is 2.34. The number of nitrogens with zero attached hydrogens (tertiary/aromatic N) is 3. The first-order chi connectivity index (χ1) is 9.70. The molecule has 0 radical (unpaired) electrons. The van der Waals surface area contributed by atoms with Crippen LogP contribution in [0, 0.1) is 0 Å². The van der Waals surface area contributed by atoms with E-state index in [2.05, 4.69) is 18.1 Å². The first-order valence-electron chi connectivity index (χ1n) is 7.06. The minimum absolute atomic E-state index is 0.183. The summed E-state index contributed by atoms with van der Waals surface area (Å²) in [4.78, 5) is 15.7. The van der Waals surface area contributed by atoms with E-state index < -0.39 is 0 Å². The molecule has 0 spiro atoms. The van der Waals surface area contributed by atoms with Crippen LogP contribution in [0.1, 0.15) is 46.6 Å². The lowest BCUT2D eigenvalue weighted by Crippen LogP contribution is -2.30. The smallest absolute Gasteiger partial charge is 0.264 e. The molecule has 0 N–H and O–H groups in total. The summed E-state index contributed by atoms with van der Waals surface area (Å²) in [6.07, 6.45) is 6.91. The Labute approximate surface area is 123 Å². The van der Waals surface area contributed by atoms with Crippen LogP contribution in [-0.2, 0) is 13.5 Å². The van der Waals surface area contributed by atoms with Gasteiger partial charge in [-0.15, -0.1) is 11.3 Å². The zero-order chi connectivity index (χ0) is 14.1. The third-order valence-corrected chi connectivity index (χ3v) is 4.89. The molecule has 2 aromatic rings. The SMILES string of the molecule is CCc1ccsc1C(=O)N1CCC[C@H]1c1cnn(C)c1. The van der Waals surface area contributed by atoms with Crippen LogP contribution in [0.3, 0.4) is 0 Å². The van der Waals surface area contributed by atoms with Gasteiger partial charge in [-0.3, -0.25) is 9.48 Å². The normalized spacial score (nSPS) is 18.7. The van der Waals surface area contributed by atoms with Crippen molar-refractivity contribution in [2.24, 2.45) is 7.05 Å². The van der Waals surface area contributed by atoms with Crippen LogP contribution in [0.2, 0.25) is 0 Å². The predicted octanol–water partition coefficient (Wildman–Crippen LogP) is 3.02. The molecule has 3 rings (SSSR count). The van der Waals surface area contributed by atoms with Crippen molar-refractivity contribution in [1.29, 1.82) is 0 Å². The van der Waals surface area contributed by atoms with E-state index in [1.807, 2.05) is 29.7 Å². The zero-order valence-corrected chi connectivity index (χ0v) is 12.7. The predicted molar refractivity (Wildman–Crippen MR) is 79.9 cm³/mol. The van der Waals surface area contributed by atoms with E-state index in [0.717, 1.165) is 41.8 Å². The van der Waals surface area contributed by atoms with Gasteiger partial charge in [0.05, 0.1) is 17.1 Å². The summed E-state index contributed by atoms with van der Waals surface area (Å²) in [5.41, 5.74) is 2.31. The second-order valence-corrected chi connectivity index (χ2v) is 6.15.